The van der Waals surface area contributed by atoms with E-state index in [1.807, 2.05) is 79.7 Å². The van der Waals surface area contributed by atoms with Gasteiger partial charge in [-0.15, -0.1) is 0 Å². The van der Waals surface area contributed by atoms with Crippen molar-refractivity contribution in [1.29, 1.82) is 0 Å². The fourth-order valence-electron chi connectivity index (χ4n) is 2.80. The molecule has 0 radical (unpaired) electrons. The van der Waals surface area contributed by atoms with Gasteiger partial charge in [-0.1, -0.05) is 60.7 Å². The van der Waals surface area contributed by atoms with Gasteiger partial charge in [-0.2, -0.15) is 4.98 Å². The van der Waals surface area contributed by atoms with Crippen molar-refractivity contribution in [3.8, 4) is 6.01 Å². The van der Waals surface area contributed by atoms with Gasteiger partial charge in [0.25, 0.3) is 5.91 Å². The number of anilines is 2. The summed E-state index contributed by atoms with van der Waals surface area (Å²) in [7, 11) is 1.50. The van der Waals surface area contributed by atoms with Crippen LogP contribution >= 0.6 is 0 Å². The van der Waals surface area contributed by atoms with Gasteiger partial charge in [0.1, 0.15) is 5.56 Å². The third-order valence-corrected chi connectivity index (χ3v) is 4.28. The van der Waals surface area contributed by atoms with Gasteiger partial charge in [-0.3, -0.25) is 4.79 Å². The molecule has 0 aliphatic carbocycles. The molecule has 0 bridgehead atoms. The van der Waals surface area contributed by atoms with Gasteiger partial charge in [0.2, 0.25) is 0 Å². The Bertz CT molecular complexity index is 1050. The summed E-state index contributed by atoms with van der Waals surface area (Å²) < 4.78 is 5.15. The Kier molecular flexibility index (Phi) is 9.88. The summed E-state index contributed by atoms with van der Waals surface area (Å²) in [6.45, 7) is 2.91. The molecule has 33 heavy (non-hydrogen) atoms. The minimum atomic E-state index is -1.83. The van der Waals surface area contributed by atoms with Gasteiger partial charge in [-0.05, 0) is 24.6 Å². The molecule has 9 nitrogen and oxygen atoms in total. The minimum Gasteiger partial charge on any atom is -0.467 e. The molecule has 0 fully saturated rings. The van der Waals surface area contributed by atoms with Crippen LogP contribution in [0.4, 0.5) is 16.3 Å². The predicted octanol–water partition coefficient (Wildman–Crippen LogP) is 4.67. The largest absolute Gasteiger partial charge is 0.503 e. The lowest BCUT2D eigenvalue weighted by atomic mass is 10.2. The summed E-state index contributed by atoms with van der Waals surface area (Å²) in [4.78, 5) is 32.2. The molecule has 0 unspecified atom stereocenters. The van der Waals surface area contributed by atoms with Crippen molar-refractivity contribution in [3.05, 3.63) is 90.1 Å². The highest BCUT2D eigenvalue weighted by Crippen LogP contribution is 2.22. The summed E-state index contributed by atoms with van der Waals surface area (Å²) in [6, 6.07) is 19.7. The fraction of sp³-hybridized carbons (Fsp3) is 0.167. The number of nitrogens with one attached hydrogen (secondary N) is 1. The molecule has 3 N–H and O–H groups in total. The molecule has 3 aromatic rings. The van der Waals surface area contributed by atoms with E-state index >= 15 is 0 Å². The maximum atomic E-state index is 13.4. The van der Waals surface area contributed by atoms with E-state index in [9.17, 15) is 4.79 Å². The Morgan fingerprint density at radius 1 is 1.06 bits per heavy atom. The molecular formula is C24H26N4O5. The molecule has 3 rings (SSSR count). The molecule has 0 aliphatic heterocycles. The normalized spacial score (nSPS) is 10.1. The van der Waals surface area contributed by atoms with E-state index in [-0.39, 0.29) is 11.9 Å². The second-order valence-electron chi connectivity index (χ2n) is 6.63. The number of nitrogens with zero attached hydrogens (tertiary/aromatic N) is 3. The third kappa shape index (κ3) is 8.33. The number of carboxylic acid groups (broad SMARTS) is 2. The molecule has 9 heteroatoms. The number of benzene rings is 2. The van der Waals surface area contributed by atoms with Crippen LogP contribution in [0.25, 0.3) is 0 Å². The molecule has 2 aromatic carbocycles. The number of allylic oxidation sites excluding steroid dienone is 1. The molecule has 0 atom stereocenters. The monoisotopic (exact) mass is 450 g/mol. The number of ether oxygens (including phenoxy) is 1. The van der Waals surface area contributed by atoms with Crippen molar-refractivity contribution in [2.45, 2.75) is 13.5 Å². The van der Waals surface area contributed by atoms with Gasteiger partial charge < -0.3 is 25.2 Å². The van der Waals surface area contributed by atoms with E-state index in [2.05, 4.69) is 15.3 Å². The van der Waals surface area contributed by atoms with Crippen LogP contribution in [0.3, 0.4) is 0 Å². The Labute approximate surface area is 192 Å². The van der Waals surface area contributed by atoms with Gasteiger partial charge in [-0.25, -0.2) is 9.78 Å². The molecule has 0 spiro atoms. The molecular weight excluding hydrogens is 424 g/mol. The van der Waals surface area contributed by atoms with Crippen molar-refractivity contribution in [2.24, 2.45) is 0 Å². The number of amides is 1. The van der Waals surface area contributed by atoms with Crippen LogP contribution < -0.4 is 10.1 Å². The summed E-state index contributed by atoms with van der Waals surface area (Å²) in [6.07, 6.45) is 3.56. The number of hydrogen-bond acceptors (Lipinski definition) is 6. The summed E-state index contributed by atoms with van der Waals surface area (Å²) in [5, 5.41) is 17.2. The SMILES string of the molecule is C/C=C/CN(Cc1ccccc1)C(=O)c1cnc(OC)nc1Nc1ccccc1.O=C(O)O. The van der Waals surface area contributed by atoms with Crippen molar-refractivity contribution >= 4 is 23.6 Å². The van der Waals surface area contributed by atoms with Crippen LogP contribution in [-0.2, 0) is 6.54 Å². The van der Waals surface area contributed by atoms with Crippen molar-refractivity contribution in [1.82, 2.24) is 14.9 Å². The maximum Gasteiger partial charge on any atom is 0.503 e. The molecule has 1 aromatic heterocycles. The number of carbonyl (C=O) groups is 2. The third-order valence-electron chi connectivity index (χ3n) is 4.28. The zero-order valence-electron chi connectivity index (χ0n) is 18.4. The molecule has 0 saturated carbocycles. The highest BCUT2D eigenvalue weighted by Gasteiger charge is 2.21. The first-order valence-electron chi connectivity index (χ1n) is 10.0. The standard InChI is InChI=1S/C23H24N4O2.CH2O3/c1-3-4-15-27(17-18-11-7-5-8-12-18)22(28)20-16-24-23(29-2)26-21(20)25-19-13-9-6-10-14-19;2-1(3)4/h3-14,16H,15,17H2,1-2H3,(H,24,25,26);(H2,2,3,4)/b4-3+;. The second-order valence-corrected chi connectivity index (χ2v) is 6.63. The quantitative estimate of drug-likeness (QED) is 0.423. The number of rotatable bonds is 8. The molecule has 0 saturated heterocycles. The Balaban J connectivity index is 0.000000890. The summed E-state index contributed by atoms with van der Waals surface area (Å²) >= 11 is 0. The number of methoxy groups -OCH3 is 1. The van der Waals surface area contributed by atoms with Crippen molar-refractivity contribution < 1.29 is 24.5 Å². The molecule has 1 amide bonds. The lowest BCUT2D eigenvalue weighted by Crippen LogP contribution is -2.31. The highest BCUT2D eigenvalue weighted by molar-refractivity contribution is 5.99. The van der Waals surface area contributed by atoms with Crippen LogP contribution in [0, 0.1) is 0 Å². The van der Waals surface area contributed by atoms with Gasteiger partial charge >= 0.3 is 12.2 Å². The smallest absolute Gasteiger partial charge is 0.467 e. The van der Waals surface area contributed by atoms with Gasteiger partial charge in [0.15, 0.2) is 5.82 Å². The first-order valence-corrected chi connectivity index (χ1v) is 10.0. The topological polar surface area (TPSA) is 125 Å². The lowest BCUT2D eigenvalue weighted by molar-refractivity contribution is 0.0762. The van der Waals surface area contributed by atoms with Crippen LogP contribution in [0.15, 0.2) is 79.0 Å². The second kappa shape index (κ2) is 13.1. The van der Waals surface area contributed by atoms with Crippen molar-refractivity contribution in [3.63, 3.8) is 0 Å². The molecule has 1 heterocycles. The average Bonchev–Trinajstić information content (AvgIpc) is 2.82. The Morgan fingerprint density at radius 2 is 1.67 bits per heavy atom. The molecule has 172 valence electrons. The first-order chi connectivity index (χ1) is 15.9. The van der Waals surface area contributed by atoms with Crippen molar-refractivity contribution in [2.75, 3.05) is 19.0 Å². The van der Waals surface area contributed by atoms with Crippen LogP contribution in [0.2, 0.25) is 0 Å². The van der Waals surface area contributed by atoms with E-state index in [0.29, 0.717) is 24.5 Å². The van der Waals surface area contributed by atoms with E-state index < -0.39 is 6.16 Å². The fourth-order valence-corrected chi connectivity index (χ4v) is 2.80. The van der Waals surface area contributed by atoms with E-state index in [4.69, 9.17) is 19.7 Å². The number of hydrogen-bond donors (Lipinski definition) is 3. The number of para-hydroxylation sites is 1. The van der Waals surface area contributed by atoms with Crippen LogP contribution in [0.5, 0.6) is 6.01 Å². The first kappa shape index (κ1) is 24.9. The summed E-state index contributed by atoms with van der Waals surface area (Å²) in [5.41, 5.74) is 2.26. The maximum absolute atomic E-state index is 13.4. The van der Waals surface area contributed by atoms with Gasteiger partial charge in [0.05, 0.1) is 7.11 Å². The number of aromatic nitrogens is 2. The minimum absolute atomic E-state index is 0.159. The predicted molar refractivity (Wildman–Crippen MR) is 125 cm³/mol. The lowest BCUT2D eigenvalue weighted by Gasteiger charge is -2.22. The zero-order valence-corrected chi connectivity index (χ0v) is 18.4. The van der Waals surface area contributed by atoms with Gasteiger partial charge in [0, 0.05) is 25.0 Å². The Hall–Kier alpha value is -4.40. The van der Waals surface area contributed by atoms with Crippen LogP contribution in [0.1, 0.15) is 22.8 Å². The highest BCUT2D eigenvalue weighted by atomic mass is 16.6. The number of carbonyl (C=O) groups excluding carboxylic acids is 1. The summed E-state index contributed by atoms with van der Waals surface area (Å²) in [5.74, 6) is 0.250. The van der Waals surface area contributed by atoms with Crippen LogP contribution in [-0.4, -0.2) is 50.8 Å². The zero-order chi connectivity index (χ0) is 24.1. The van der Waals surface area contributed by atoms with E-state index in [1.165, 1.54) is 13.3 Å². The Morgan fingerprint density at radius 3 is 2.24 bits per heavy atom. The van der Waals surface area contributed by atoms with E-state index in [0.717, 1.165) is 11.3 Å². The van der Waals surface area contributed by atoms with E-state index in [1.54, 1.807) is 4.90 Å². The molecule has 0 aliphatic rings. The average molecular weight is 450 g/mol.